The summed E-state index contributed by atoms with van der Waals surface area (Å²) in [5.74, 6) is 2.18. The number of methoxy groups -OCH3 is 1. The highest BCUT2D eigenvalue weighted by Gasteiger charge is 2.31. The van der Waals surface area contributed by atoms with Crippen molar-refractivity contribution < 1.29 is 13.9 Å². The second-order valence-corrected chi connectivity index (χ2v) is 6.35. The molecule has 0 unspecified atom stereocenters. The molecule has 0 fully saturated rings. The van der Waals surface area contributed by atoms with Crippen molar-refractivity contribution >= 4 is 17.4 Å². The van der Waals surface area contributed by atoms with Crippen LogP contribution in [0.2, 0.25) is 0 Å². The number of Topliss-reactive ketones (excluding diaryl/α,β-unsaturated/α-hetero) is 1. The van der Waals surface area contributed by atoms with E-state index in [0.29, 0.717) is 30.0 Å². The van der Waals surface area contributed by atoms with Crippen molar-refractivity contribution in [1.82, 2.24) is 9.97 Å². The molecule has 1 aromatic carbocycles. The fourth-order valence-electron chi connectivity index (χ4n) is 3.36. The number of fused-ring (bicyclic) bond motifs is 1. The topological polar surface area (TPSA) is 77.2 Å². The van der Waals surface area contributed by atoms with Crippen molar-refractivity contribution in [2.45, 2.75) is 25.7 Å². The quantitative estimate of drug-likeness (QED) is 0.766. The smallest absolute Gasteiger partial charge is 0.227 e. The summed E-state index contributed by atoms with van der Waals surface area (Å²) >= 11 is 0. The van der Waals surface area contributed by atoms with Crippen molar-refractivity contribution in [3.63, 3.8) is 0 Å². The van der Waals surface area contributed by atoms with Gasteiger partial charge in [-0.25, -0.2) is 9.97 Å². The number of carbonyl (C=O) groups excluding carboxylic acids is 1. The van der Waals surface area contributed by atoms with Crippen LogP contribution in [0.5, 0.6) is 5.75 Å². The van der Waals surface area contributed by atoms with Crippen molar-refractivity contribution in [1.29, 1.82) is 0 Å². The van der Waals surface area contributed by atoms with Gasteiger partial charge in [-0.3, -0.25) is 4.79 Å². The molecule has 0 amide bonds. The fraction of sp³-hybridized carbons (Fsp3) is 0.250. The summed E-state index contributed by atoms with van der Waals surface area (Å²) in [6.45, 7) is 1.85. The molecule has 0 radical (unpaired) electrons. The molecule has 4 rings (SSSR count). The second-order valence-electron chi connectivity index (χ2n) is 6.35. The Morgan fingerprint density at radius 3 is 2.65 bits per heavy atom. The predicted molar refractivity (Wildman–Crippen MR) is 97.1 cm³/mol. The number of ketones is 1. The summed E-state index contributed by atoms with van der Waals surface area (Å²) in [4.78, 5) is 21.7. The highest BCUT2D eigenvalue weighted by molar-refractivity contribution is 5.99. The molecule has 132 valence electrons. The molecule has 2 heterocycles. The maximum absolute atomic E-state index is 12.6. The summed E-state index contributed by atoms with van der Waals surface area (Å²) in [5, 5.41) is 3.20. The van der Waals surface area contributed by atoms with E-state index in [9.17, 15) is 4.79 Å². The number of furan rings is 1. The number of benzene rings is 1. The number of hydrogen-bond acceptors (Lipinski definition) is 6. The summed E-state index contributed by atoms with van der Waals surface area (Å²) < 4.78 is 10.7. The van der Waals surface area contributed by atoms with Gasteiger partial charge in [-0.1, -0.05) is 0 Å². The van der Waals surface area contributed by atoms with E-state index in [0.717, 1.165) is 22.9 Å². The summed E-state index contributed by atoms with van der Waals surface area (Å²) in [7, 11) is 1.63. The molecule has 6 nitrogen and oxygen atoms in total. The van der Waals surface area contributed by atoms with Crippen molar-refractivity contribution in [3.05, 3.63) is 65.4 Å². The summed E-state index contributed by atoms with van der Waals surface area (Å²) in [5.41, 5.74) is 2.98. The van der Waals surface area contributed by atoms with Crippen LogP contribution in [0.3, 0.4) is 0 Å². The first-order valence-corrected chi connectivity index (χ1v) is 8.49. The molecule has 3 aromatic rings. The first kappa shape index (κ1) is 16.3. The molecule has 0 aliphatic heterocycles. The van der Waals surface area contributed by atoms with Crippen LogP contribution in [-0.2, 0) is 6.42 Å². The molecule has 6 heteroatoms. The molecule has 0 bridgehead atoms. The third kappa shape index (κ3) is 3.06. The number of aromatic nitrogens is 2. The van der Waals surface area contributed by atoms with E-state index in [1.165, 1.54) is 0 Å². The summed E-state index contributed by atoms with van der Waals surface area (Å²) in [6, 6.07) is 11.3. The van der Waals surface area contributed by atoms with Gasteiger partial charge in [0.05, 0.1) is 30.3 Å². The minimum Gasteiger partial charge on any atom is -0.497 e. The van der Waals surface area contributed by atoms with Crippen LogP contribution in [0.4, 0.5) is 11.6 Å². The standard InChI is InChI=1S/C20H19N3O3/c1-12-19-16(10-13(11-17(19)24)18-4-3-9-26-18)23-20(21-12)22-14-5-7-15(25-2)8-6-14/h3-9,13H,10-11H2,1-2H3,(H,21,22,23)/t13-/m1/s1. The second kappa shape index (κ2) is 6.63. The van der Waals surface area contributed by atoms with Crippen LogP contribution in [-0.4, -0.2) is 22.9 Å². The number of nitrogens with one attached hydrogen (secondary N) is 1. The number of ether oxygens (including phenoxy) is 1. The van der Waals surface area contributed by atoms with Gasteiger partial charge in [-0.2, -0.15) is 0 Å². The molecular formula is C20H19N3O3. The Labute approximate surface area is 151 Å². The first-order valence-electron chi connectivity index (χ1n) is 8.49. The Morgan fingerprint density at radius 2 is 1.96 bits per heavy atom. The van der Waals surface area contributed by atoms with Gasteiger partial charge in [0.15, 0.2) is 5.78 Å². The van der Waals surface area contributed by atoms with E-state index >= 15 is 0 Å². The van der Waals surface area contributed by atoms with Gasteiger partial charge in [-0.05, 0) is 43.3 Å². The lowest BCUT2D eigenvalue weighted by molar-refractivity contribution is 0.0958. The lowest BCUT2D eigenvalue weighted by Gasteiger charge is -2.23. The molecule has 0 spiro atoms. The Bertz CT molecular complexity index is 934. The maximum Gasteiger partial charge on any atom is 0.227 e. The Kier molecular flexibility index (Phi) is 4.16. The van der Waals surface area contributed by atoms with Crippen LogP contribution in [0, 0.1) is 6.92 Å². The SMILES string of the molecule is COc1ccc(Nc2nc(C)c3c(n2)C[C@@H](c2ccco2)CC3=O)cc1. The maximum atomic E-state index is 12.6. The van der Waals surface area contributed by atoms with E-state index in [2.05, 4.69) is 15.3 Å². The van der Waals surface area contributed by atoms with Gasteiger partial charge in [0.25, 0.3) is 0 Å². The number of anilines is 2. The van der Waals surface area contributed by atoms with Gasteiger partial charge in [0.1, 0.15) is 11.5 Å². The molecule has 1 N–H and O–H groups in total. The minimum atomic E-state index is 0.0214. The van der Waals surface area contributed by atoms with Crippen LogP contribution in [0.1, 0.15) is 39.8 Å². The highest BCUT2D eigenvalue weighted by atomic mass is 16.5. The number of nitrogens with zero attached hydrogens (tertiary/aromatic N) is 2. The lowest BCUT2D eigenvalue weighted by Crippen LogP contribution is -2.22. The molecule has 1 aliphatic rings. The Morgan fingerprint density at radius 1 is 1.15 bits per heavy atom. The molecule has 0 saturated heterocycles. The molecule has 1 aliphatic carbocycles. The van der Waals surface area contributed by atoms with E-state index in [1.54, 1.807) is 13.4 Å². The monoisotopic (exact) mass is 349 g/mol. The van der Waals surface area contributed by atoms with Crippen LogP contribution in [0.15, 0.2) is 47.1 Å². The minimum absolute atomic E-state index is 0.0214. The lowest BCUT2D eigenvalue weighted by atomic mass is 9.84. The molecular weight excluding hydrogens is 330 g/mol. The molecule has 0 saturated carbocycles. The zero-order chi connectivity index (χ0) is 18.1. The average molecular weight is 349 g/mol. The Hall–Kier alpha value is -3.15. The summed E-state index contributed by atoms with van der Waals surface area (Å²) in [6.07, 6.45) is 2.72. The largest absolute Gasteiger partial charge is 0.497 e. The van der Waals surface area contributed by atoms with Gasteiger partial charge in [-0.15, -0.1) is 0 Å². The van der Waals surface area contributed by atoms with Gasteiger partial charge >= 0.3 is 0 Å². The van der Waals surface area contributed by atoms with Crippen molar-refractivity contribution in [2.75, 3.05) is 12.4 Å². The fourth-order valence-corrected chi connectivity index (χ4v) is 3.36. The zero-order valence-corrected chi connectivity index (χ0v) is 14.7. The molecule has 1 atom stereocenters. The third-order valence-corrected chi connectivity index (χ3v) is 4.61. The highest BCUT2D eigenvalue weighted by Crippen LogP contribution is 2.33. The van der Waals surface area contributed by atoms with Gasteiger partial charge in [0, 0.05) is 24.4 Å². The normalized spacial score (nSPS) is 16.2. The zero-order valence-electron chi connectivity index (χ0n) is 14.7. The van der Waals surface area contributed by atoms with E-state index < -0.39 is 0 Å². The molecule has 2 aromatic heterocycles. The van der Waals surface area contributed by atoms with E-state index in [-0.39, 0.29) is 11.7 Å². The molecule has 26 heavy (non-hydrogen) atoms. The van der Waals surface area contributed by atoms with Crippen LogP contribution < -0.4 is 10.1 Å². The number of aryl methyl sites for hydroxylation is 1. The van der Waals surface area contributed by atoms with Gasteiger partial charge in [0.2, 0.25) is 5.95 Å². The van der Waals surface area contributed by atoms with Crippen LogP contribution in [0.25, 0.3) is 0 Å². The third-order valence-electron chi connectivity index (χ3n) is 4.61. The predicted octanol–water partition coefficient (Wildman–Crippen LogP) is 4.04. The van der Waals surface area contributed by atoms with E-state index in [1.807, 2.05) is 43.3 Å². The van der Waals surface area contributed by atoms with Crippen molar-refractivity contribution in [3.8, 4) is 5.75 Å². The van der Waals surface area contributed by atoms with Gasteiger partial charge < -0.3 is 14.5 Å². The average Bonchev–Trinajstić information content (AvgIpc) is 3.16. The van der Waals surface area contributed by atoms with Crippen molar-refractivity contribution in [2.24, 2.45) is 0 Å². The number of hydrogen-bond donors (Lipinski definition) is 1. The number of carbonyl (C=O) groups is 1. The first-order chi connectivity index (χ1) is 12.6. The van der Waals surface area contributed by atoms with Crippen LogP contribution >= 0.6 is 0 Å². The van der Waals surface area contributed by atoms with E-state index in [4.69, 9.17) is 9.15 Å². The Balaban J connectivity index is 1.63. The number of rotatable bonds is 4.